The lowest BCUT2D eigenvalue weighted by Crippen LogP contribution is -2.18. The smallest absolute Gasteiger partial charge is 0.0897 e. The number of nitrogens with zero attached hydrogens (tertiary/aromatic N) is 1. The van der Waals surface area contributed by atoms with Crippen molar-refractivity contribution < 1.29 is 0 Å². The van der Waals surface area contributed by atoms with Gasteiger partial charge in [0.15, 0.2) is 0 Å². The Balaban J connectivity index is 2.19. The van der Waals surface area contributed by atoms with Crippen LogP contribution in [0, 0.1) is 13.8 Å². The molecule has 0 amide bonds. The zero-order valence-electron chi connectivity index (χ0n) is 10.1. The van der Waals surface area contributed by atoms with E-state index in [0.29, 0.717) is 0 Å². The van der Waals surface area contributed by atoms with E-state index in [4.69, 9.17) is 11.6 Å². The molecule has 0 saturated heterocycles. The summed E-state index contributed by atoms with van der Waals surface area (Å²) in [6, 6.07) is 0.252. The van der Waals surface area contributed by atoms with Crippen molar-refractivity contribution in [2.45, 2.75) is 26.3 Å². The zero-order chi connectivity index (χ0) is 12.4. The third kappa shape index (κ3) is 2.88. The maximum Gasteiger partial charge on any atom is 0.0897 e. The third-order valence-corrected chi connectivity index (χ3v) is 5.32. The van der Waals surface area contributed by atoms with E-state index in [1.54, 1.807) is 22.7 Å². The summed E-state index contributed by atoms with van der Waals surface area (Å²) in [5, 5.41) is 9.55. The molecule has 17 heavy (non-hydrogen) atoms. The van der Waals surface area contributed by atoms with Crippen molar-refractivity contribution >= 4 is 34.3 Å². The molecule has 2 aromatic heterocycles. The lowest BCUT2D eigenvalue weighted by molar-refractivity contribution is 0.595. The van der Waals surface area contributed by atoms with Crippen molar-refractivity contribution in [1.82, 2.24) is 10.3 Å². The van der Waals surface area contributed by atoms with Gasteiger partial charge in [0.25, 0.3) is 0 Å². The monoisotopic (exact) mass is 286 g/mol. The molecule has 2 nitrogen and oxygen atoms in total. The first kappa shape index (κ1) is 13.0. The average Bonchev–Trinajstić information content (AvgIpc) is 2.85. The maximum atomic E-state index is 6.31. The van der Waals surface area contributed by atoms with Gasteiger partial charge in [0.05, 0.1) is 15.7 Å². The second-order valence-electron chi connectivity index (χ2n) is 4.00. The first-order chi connectivity index (χ1) is 8.11. The molecule has 92 valence electrons. The number of hydrogen-bond donors (Lipinski definition) is 1. The van der Waals surface area contributed by atoms with Crippen LogP contribution in [-0.4, -0.2) is 12.0 Å². The average molecular weight is 287 g/mol. The molecule has 0 saturated carbocycles. The summed E-state index contributed by atoms with van der Waals surface area (Å²) in [5.41, 5.74) is 2.29. The molecule has 2 aromatic rings. The lowest BCUT2D eigenvalue weighted by atomic mass is 10.1. The Hall–Kier alpha value is -0.420. The molecule has 0 aromatic carbocycles. The second kappa shape index (κ2) is 5.48. The second-order valence-corrected chi connectivity index (χ2v) is 6.35. The number of nitrogens with one attached hydrogen (secondary N) is 1. The molecule has 0 fully saturated rings. The Morgan fingerprint density at radius 1 is 1.35 bits per heavy atom. The number of halogens is 1. The topological polar surface area (TPSA) is 24.9 Å². The summed E-state index contributed by atoms with van der Waals surface area (Å²) in [6.07, 6.45) is 0.889. The van der Waals surface area contributed by atoms with Gasteiger partial charge in [0.2, 0.25) is 0 Å². The Kier molecular flexibility index (Phi) is 4.20. The minimum atomic E-state index is 0.252. The fourth-order valence-corrected chi connectivity index (χ4v) is 3.78. The number of hydrogen-bond acceptors (Lipinski definition) is 4. The highest BCUT2D eigenvalue weighted by Crippen LogP contribution is 2.33. The molecule has 0 aliphatic carbocycles. The largest absolute Gasteiger partial charge is 0.312 e. The van der Waals surface area contributed by atoms with Gasteiger partial charge in [-0.1, -0.05) is 11.6 Å². The van der Waals surface area contributed by atoms with Crippen LogP contribution in [0.2, 0.25) is 5.02 Å². The van der Waals surface area contributed by atoms with Crippen molar-refractivity contribution in [1.29, 1.82) is 0 Å². The fraction of sp³-hybridized carbons (Fsp3) is 0.417. The summed E-state index contributed by atoms with van der Waals surface area (Å²) in [5.74, 6) is 0. The molecule has 5 heteroatoms. The van der Waals surface area contributed by atoms with Gasteiger partial charge in [-0.25, -0.2) is 4.98 Å². The van der Waals surface area contributed by atoms with Crippen LogP contribution < -0.4 is 5.32 Å². The van der Waals surface area contributed by atoms with Crippen molar-refractivity contribution in [2.75, 3.05) is 7.05 Å². The van der Waals surface area contributed by atoms with Crippen molar-refractivity contribution in [2.24, 2.45) is 0 Å². The summed E-state index contributed by atoms with van der Waals surface area (Å²) in [6.45, 7) is 4.08. The predicted octanol–water partition coefficient (Wildman–Crippen LogP) is 3.98. The molecule has 0 spiro atoms. The summed E-state index contributed by atoms with van der Waals surface area (Å²) < 4.78 is 0. The van der Waals surface area contributed by atoms with Gasteiger partial charge in [0.1, 0.15) is 0 Å². The van der Waals surface area contributed by atoms with E-state index < -0.39 is 0 Å². The number of rotatable bonds is 4. The Morgan fingerprint density at radius 3 is 2.59 bits per heavy atom. The number of aromatic nitrogens is 1. The van der Waals surface area contributed by atoms with Crippen LogP contribution in [0.5, 0.6) is 0 Å². The van der Waals surface area contributed by atoms with Crippen LogP contribution in [-0.2, 0) is 6.42 Å². The number of likely N-dealkylation sites (N-methyl/N-ethyl adjacent to an activating group) is 1. The quantitative estimate of drug-likeness (QED) is 0.920. The molecule has 1 N–H and O–H groups in total. The molecule has 0 radical (unpaired) electrons. The van der Waals surface area contributed by atoms with E-state index in [1.807, 2.05) is 20.9 Å². The lowest BCUT2D eigenvalue weighted by Gasteiger charge is -2.14. The van der Waals surface area contributed by atoms with Gasteiger partial charge in [-0.3, -0.25) is 0 Å². The van der Waals surface area contributed by atoms with Crippen LogP contribution >= 0.6 is 34.3 Å². The van der Waals surface area contributed by atoms with Crippen LogP contribution in [0.4, 0.5) is 0 Å². The number of aryl methyl sites for hydroxylation is 2. The van der Waals surface area contributed by atoms with Gasteiger partial charge in [-0.2, -0.15) is 0 Å². The Bertz CT molecular complexity index is 504. The van der Waals surface area contributed by atoms with Crippen LogP contribution in [0.15, 0.2) is 10.8 Å². The Morgan fingerprint density at radius 2 is 2.12 bits per heavy atom. The van der Waals surface area contributed by atoms with E-state index in [9.17, 15) is 0 Å². The molecule has 2 rings (SSSR count). The highest BCUT2D eigenvalue weighted by atomic mass is 35.5. The van der Waals surface area contributed by atoms with E-state index in [2.05, 4.69) is 21.1 Å². The molecule has 1 unspecified atom stereocenters. The molecular formula is C12H15ClN2S2. The summed E-state index contributed by atoms with van der Waals surface area (Å²) in [7, 11) is 1.97. The standard InChI is InChI=1S/C12H15ClN2S2/c1-7-5-17-12(11(7)13)10(14-3)4-9-6-16-8(2)15-9/h5-6,10,14H,4H2,1-3H3. The maximum absolute atomic E-state index is 6.31. The molecule has 2 heterocycles. The summed E-state index contributed by atoms with van der Waals surface area (Å²) >= 11 is 9.72. The van der Waals surface area contributed by atoms with E-state index in [0.717, 1.165) is 27.7 Å². The SMILES string of the molecule is CNC(Cc1csc(C)n1)c1scc(C)c1Cl. The third-order valence-electron chi connectivity index (χ3n) is 2.67. The van der Waals surface area contributed by atoms with E-state index in [-0.39, 0.29) is 6.04 Å². The van der Waals surface area contributed by atoms with Gasteiger partial charge >= 0.3 is 0 Å². The molecule has 0 aliphatic rings. The van der Waals surface area contributed by atoms with Crippen molar-refractivity contribution in [3.63, 3.8) is 0 Å². The minimum Gasteiger partial charge on any atom is -0.312 e. The Labute approximate surface area is 115 Å². The van der Waals surface area contributed by atoms with Gasteiger partial charge in [-0.05, 0) is 31.8 Å². The molecule has 0 aliphatic heterocycles. The van der Waals surface area contributed by atoms with E-state index >= 15 is 0 Å². The van der Waals surface area contributed by atoms with Gasteiger partial charge in [0, 0.05) is 22.7 Å². The zero-order valence-corrected chi connectivity index (χ0v) is 12.5. The van der Waals surface area contributed by atoms with Crippen LogP contribution in [0.25, 0.3) is 0 Å². The van der Waals surface area contributed by atoms with Crippen LogP contribution in [0.3, 0.4) is 0 Å². The number of thiazole rings is 1. The summed E-state index contributed by atoms with van der Waals surface area (Å²) in [4.78, 5) is 5.71. The first-order valence-electron chi connectivity index (χ1n) is 5.43. The van der Waals surface area contributed by atoms with Crippen molar-refractivity contribution in [3.8, 4) is 0 Å². The minimum absolute atomic E-state index is 0.252. The van der Waals surface area contributed by atoms with Gasteiger partial charge < -0.3 is 5.32 Å². The predicted molar refractivity (Wildman–Crippen MR) is 76.4 cm³/mol. The normalized spacial score (nSPS) is 12.9. The first-order valence-corrected chi connectivity index (χ1v) is 7.57. The fourth-order valence-electron chi connectivity index (χ4n) is 1.72. The van der Waals surface area contributed by atoms with Gasteiger partial charge in [-0.15, -0.1) is 22.7 Å². The highest BCUT2D eigenvalue weighted by molar-refractivity contribution is 7.11. The highest BCUT2D eigenvalue weighted by Gasteiger charge is 2.17. The number of thiophene rings is 1. The molecule has 0 bridgehead atoms. The van der Waals surface area contributed by atoms with Crippen molar-refractivity contribution in [3.05, 3.63) is 36.9 Å². The van der Waals surface area contributed by atoms with Crippen LogP contribution in [0.1, 0.15) is 27.2 Å². The molecule has 1 atom stereocenters. The molecular weight excluding hydrogens is 272 g/mol. The van der Waals surface area contributed by atoms with E-state index in [1.165, 1.54) is 4.88 Å².